The van der Waals surface area contributed by atoms with E-state index in [1.54, 1.807) is 16.1 Å². The average Bonchev–Trinajstić information content (AvgIpc) is 2.93. The molecule has 0 bridgehead atoms. The molecule has 0 spiro atoms. The number of hydrogen-bond donors (Lipinski definition) is 3. The Labute approximate surface area is 123 Å². The van der Waals surface area contributed by atoms with Gasteiger partial charge in [-0.1, -0.05) is 11.6 Å². The van der Waals surface area contributed by atoms with Crippen molar-refractivity contribution in [2.75, 3.05) is 0 Å². The Morgan fingerprint density at radius 1 is 1.33 bits per heavy atom. The predicted octanol–water partition coefficient (Wildman–Crippen LogP) is 2.52. The molecule has 8 heteroatoms. The van der Waals surface area contributed by atoms with Crippen LogP contribution in [0, 0.1) is 11.2 Å². The van der Waals surface area contributed by atoms with Crippen LogP contribution in [0.25, 0.3) is 16.9 Å². The minimum atomic E-state index is -0.520. The number of pyridine rings is 1. The number of rotatable bonds is 2. The lowest BCUT2D eigenvalue weighted by Gasteiger charge is -2.09. The molecule has 106 valence electrons. The molecule has 0 aliphatic rings. The molecule has 0 aliphatic heterocycles. The van der Waals surface area contributed by atoms with Crippen LogP contribution in [0.4, 0.5) is 4.39 Å². The topological polar surface area (TPSA) is 86.8 Å². The molecular weight excluding hydrogens is 297 g/mol. The van der Waals surface area contributed by atoms with Crippen molar-refractivity contribution in [1.29, 1.82) is 5.41 Å². The number of imidazole rings is 1. The van der Waals surface area contributed by atoms with Crippen LogP contribution in [0.5, 0.6) is 0 Å². The Kier molecular flexibility index (Phi) is 3.28. The molecule has 3 aromatic rings. The van der Waals surface area contributed by atoms with E-state index in [9.17, 15) is 4.39 Å². The molecule has 21 heavy (non-hydrogen) atoms. The largest absolute Gasteiger partial charge is 0.297 e. The van der Waals surface area contributed by atoms with E-state index in [0.29, 0.717) is 22.4 Å². The van der Waals surface area contributed by atoms with Crippen LogP contribution >= 0.6 is 11.6 Å². The molecule has 2 aromatic heterocycles. The summed E-state index contributed by atoms with van der Waals surface area (Å²) in [5.41, 5.74) is 3.67. The molecule has 6 nitrogen and oxygen atoms in total. The van der Waals surface area contributed by atoms with Crippen molar-refractivity contribution in [3.8, 4) is 5.69 Å². The summed E-state index contributed by atoms with van der Waals surface area (Å²) in [6.45, 7) is 0. The number of halogens is 2. The predicted molar refractivity (Wildman–Crippen MR) is 75.6 cm³/mol. The first-order valence-electron chi connectivity index (χ1n) is 5.88. The fourth-order valence-electron chi connectivity index (χ4n) is 2.04. The number of hydrogen-bond acceptors (Lipinski definition) is 4. The van der Waals surface area contributed by atoms with Gasteiger partial charge < -0.3 is 0 Å². The summed E-state index contributed by atoms with van der Waals surface area (Å²) in [6, 6.07) is 5.80. The summed E-state index contributed by atoms with van der Waals surface area (Å²) in [4.78, 5) is 8.23. The van der Waals surface area contributed by atoms with Gasteiger partial charge in [-0.05, 0) is 24.3 Å². The second-order valence-electron chi connectivity index (χ2n) is 4.23. The number of nitrogens with one attached hydrogen (secondary N) is 2. The Bertz CT molecular complexity index is 848. The van der Waals surface area contributed by atoms with E-state index in [1.165, 1.54) is 30.7 Å². The SMILES string of the molecule is N=C(NO)c1ccnc2ncn(-c3ccc(F)c(Cl)c3)c12. The minimum Gasteiger partial charge on any atom is -0.297 e. The lowest BCUT2D eigenvalue weighted by atomic mass is 10.2. The Balaban J connectivity index is 2.28. The lowest BCUT2D eigenvalue weighted by molar-refractivity contribution is 0.234. The number of fused-ring (bicyclic) bond motifs is 1. The molecule has 0 saturated heterocycles. The van der Waals surface area contributed by atoms with Gasteiger partial charge in [-0.3, -0.25) is 20.7 Å². The zero-order chi connectivity index (χ0) is 15.0. The fourth-order valence-corrected chi connectivity index (χ4v) is 2.21. The molecule has 3 rings (SSSR count). The molecule has 0 radical (unpaired) electrons. The first kappa shape index (κ1) is 13.5. The van der Waals surface area contributed by atoms with E-state index < -0.39 is 5.82 Å². The monoisotopic (exact) mass is 305 g/mol. The van der Waals surface area contributed by atoms with Gasteiger partial charge in [-0.2, -0.15) is 0 Å². The van der Waals surface area contributed by atoms with E-state index in [2.05, 4.69) is 9.97 Å². The van der Waals surface area contributed by atoms with Gasteiger partial charge in [0.05, 0.1) is 5.02 Å². The number of benzene rings is 1. The summed E-state index contributed by atoms with van der Waals surface area (Å²) in [7, 11) is 0. The third-order valence-electron chi connectivity index (χ3n) is 3.00. The molecule has 2 heterocycles. The smallest absolute Gasteiger partial charge is 0.178 e. The van der Waals surface area contributed by atoms with Crippen LogP contribution in [0.3, 0.4) is 0 Å². The Morgan fingerprint density at radius 2 is 2.14 bits per heavy atom. The van der Waals surface area contributed by atoms with Crippen molar-refractivity contribution in [3.05, 3.63) is 53.2 Å². The maximum Gasteiger partial charge on any atom is 0.178 e. The van der Waals surface area contributed by atoms with Crippen LogP contribution in [-0.2, 0) is 0 Å². The quantitative estimate of drug-likeness (QED) is 0.386. The van der Waals surface area contributed by atoms with Crippen molar-refractivity contribution in [2.24, 2.45) is 0 Å². The van der Waals surface area contributed by atoms with Gasteiger partial charge in [0.1, 0.15) is 17.7 Å². The third-order valence-corrected chi connectivity index (χ3v) is 3.29. The second-order valence-corrected chi connectivity index (χ2v) is 4.64. The molecule has 0 saturated carbocycles. The molecule has 0 fully saturated rings. The summed E-state index contributed by atoms with van der Waals surface area (Å²) in [6.07, 6.45) is 2.98. The van der Waals surface area contributed by atoms with E-state index in [1.807, 2.05) is 0 Å². The maximum atomic E-state index is 13.3. The summed E-state index contributed by atoms with van der Waals surface area (Å²) >= 11 is 5.79. The van der Waals surface area contributed by atoms with Gasteiger partial charge in [0.2, 0.25) is 0 Å². The van der Waals surface area contributed by atoms with Gasteiger partial charge in [0.15, 0.2) is 11.5 Å². The van der Waals surface area contributed by atoms with Gasteiger partial charge in [-0.25, -0.2) is 14.4 Å². The van der Waals surface area contributed by atoms with Crippen LogP contribution in [0.2, 0.25) is 5.02 Å². The van der Waals surface area contributed by atoms with Crippen LogP contribution in [0.15, 0.2) is 36.8 Å². The van der Waals surface area contributed by atoms with Gasteiger partial charge >= 0.3 is 0 Å². The lowest BCUT2D eigenvalue weighted by Crippen LogP contribution is -2.19. The van der Waals surface area contributed by atoms with Gasteiger partial charge in [0, 0.05) is 17.4 Å². The Morgan fingerprint density at radius 3 is 2.86 bits per heavy atom. The minimum absolute atomic E-state index is 0.0184. The first-order chi connectivity index (χ1) is 10.1. The molecule has 0 atom stereocenters. The number of nitrogens with zero attached hydrogens (tertiary/aromatic N) is 3. The molecule has 0 unspecified atom stereocenters. The zero-order valence-corrected chi connectivity index (χ0v) is 11.3. The van der Waals surface area contributed by atoms with Crippen molar-refractivity contribution in [3.63, 3.8) is 0 Å². The van der Waals surface area contributed by atoms with Crippen molar-refractivity contribution in [1.82, 2.24) is 20.0 Å². The van der Waals surface area contributed by atoms with Crippen LogP contribution in [-0.4, -0.2) is 25.6 Å². The standard InChI is InChI=1S/C13H9ClFN5O/c14-9-5-7(1-2-10(9)15)20-6-18-13-11(20)8(3-4-17-13)12(16)19-21/h1-6,21H,(H2,16,19). The summed E-state index contributed by atoms with van der Waals surface area (Å²) in [5, 5.41) is 16.6. The summed E-state index contributed by atoms with van der Waals surface area (Å²) in [5.74, 6) is -0.717. The summed E-state index contributed by atoms with van der Waals surface area (Å²) < 4.78 is 14.9. The fraction of sp³-hybridized carbons (Fsp3) is 0. The van der Waals surface area contributed by atoms with Crippen molar-refractivity contribution >= 4 is 28.6 Å². The maximum absolute atomic E-state index is 13.3. The molecular formula is C13H9ClFN5O. The highest BCUT2D eigenvalue weighted by molar-refractivity contribution is 6.30. The highest BCUT2D eigenvalue weighted by atomic mass is 35.5. The van der Waals surface area contributed by atoms with Crippen LogP contribution < -0.4 is 5.48 Å². The van der Waals surface area contributed by atoms with Crippen LogP contribution in [0.1, 0.15) is 5.56 Å². The molecule has 3 N–H and O–H groups in total. The van der Waals surface area contributed by atoms with Crippen molar-refractivity contribution < 1.29 is 9.60 Å². The first-order valence-corrected chi connectivity index (χ1v) is 6.26. The van der Waals surface area contributed by atoms with Gasteiger partial charge in [0.25, 0.3) is 0 Å². The van der Waals surface area contributed by atoms with E-state index in [-0.39, 0.29) is 10.9 Å². The van der Waals surface area contributed by atoms with E-state index >= 15 is 0 Å². The number of aromatic nitrogens is 3. The number of hydroxylamine groups is 1. The highest BCUT2D eigenvalue weighted by Gasteiger charge is 2.14. The van der Waals surface area contributed by atoms with E-state index in [0.717, 1.165) is 0 Å². The van der Waals surface area contributed by atoms with Gasteiger partial charge in [-0.15, -0.1) is 0 Å². The normalized spacial score (nSPS) is 10.8. The van der Waals surface area contributed by atoms with Crippen molar-refractivity contribution in [2.45, 2.75) is 0 Å². The second kappa shape index (κ2) is 5.12. The molecule has 1 aromatic carbocycles. The average molecular weight is 306 g/mol. The zero-order valence-electron chi connectivity index (χ0n) is 10.5. The number of amidine groups is 1. The Hall–Kier alpha value is -2.51. The highest BCUT2D eigenvalue weighted by Crippen LogP contribution is 2.24. The molecule has 0 aliphatic carbocycles. The third kappa shape index (κ3) is 2.22. The molecule has 0 amide bonds. The van der Waals surface area contributed by atoms with E-state index in [4.69, 9.17) is 22.2 Å².